The number of hydrogen-bond acceptors (Lipinski definition) is 8. The number of phenolic OH excluding ortho intramolecular Hbond substituents is 1. The van der Waals surface area contributed by atoms with Crippen molar-refractivity contribution in [1.82, 2.24) is 14.9 Å². The van der Waals surface area contributed by atoms with Crippen LogP contribution in [0.15, 0.2) is 34.7 Å². The van der Waals surface area contributed by atoms with Crippen molar-refractivity contribution in [2.24, 2.45) is 0 Å². The molecule has 0 spiro atoms. The smallest absolute Gasteiger partial charge is 0.412 e. The van der Waals surface area contributed by atoms with E-state index in [2.05, 4.69) is 10.6 Å². The normalized spacial score (nSPS) is 11.9. The summed E-state index contributed by atoms with van der Waals surface area (Å²) in [5, 5.41) is 17.5. The summed E-state index contributed by atoms with van der Waals surface area (Å²) in [6, 6.07) is 8.25. The molecule has 3 rings (SSSR count). The van der Waals surface area contributed by atoms with Crippen molar-refractivity contribution in [1.29, 1.82) is 0 Å². The van der Waals surface area contributed by atoms with E-state index < -0.39 is 16.1 Å². The van der Waals surface area contributed by atoms with E-state index in [9.17, 15) is 23.1 Å². The van der Waals surface area contributed by atoms with Gasteiger partial charge in [-0.3, -0.25) is 4.79 Å². The number of sulfonamides is 1. The van der Waals surface area contributed by atoms with Crippen molar-refractivity contribution in [2.75, 3.05) is 39.5 Å². The maximum absolute atomic E-state index is 12.4. The van der Waals surface area contributed by atoms with E-state index in [1.54, 1.807) is 24.3 Å². The first-order valence-corrected chi connectivity index (χ1v) is 12.0. The van der Waals surface area contributed by atoms with E-state index in [1.807, 2.05) is 0 Å². The zero-order valence-corrected chi connectivity index (χ0v) is 19.5. The van der Waals surface area contributed by atoms with E-state index >= 15 is 0 Å². The van der Waals surface area contributed by atoms with Crippen LogP contribution in [0.2, 0.25) is 0 Å². The Bertz CT molecular complexity index is 1280. The Morgan fingerprint density at radius 2 is 1.79 bits per heavy atom. The molecule has 1 amide bonds. The van der Waals surface area contributed by atoms with Crippen LogP contribution in [0.5, 0.6) is 11.5 Å². The molecule has 10 nitrogen and oxygen atoms in total. The summed E-state index contributed by atoms with van der Waals surface area (Å²) < 4.78 is 35.7. The predicted molar refractivity (Wildman–Crippen MR) is 124 cm³/mol. The maximum atomic E-state index is 12.4. The second-order valence-corrected chi connectivity index (χ2v) is 9.95. The number of Topliss-reactive ketones (excluding diaryl/α,β-unsaturated/α-hetero) is 1. The van der Waals surface area contributed by atoms with E-state index in [-0.39, 0.29) is 39.8 Å². The number of ether oxygens (including phenoxy) is 1. The van der Waals surface area contributed by atoms with Crippen LogP contribution in [0.3, 0.4) is 0 Å². The quantitative estimate of drug-likeness (QED) is 0.299. The number of fused-ring (bicyclic) bond motifs is 2. The van der Waals surface area contributed by atoms with Gasteiger partial charge in [0.2, 0.25) is 10.0 Å². The maximum Gasteiger partial charge on any atom is 0.412 e. The van der Waals surface area contributed by atoms with Gasteiger partial charge in [0.15, 0.2) is 22.9 Å². The van der Waals surface area contributed by atoms with Gasteiger partial charge in [-0.2, -0.15) is 0 Å². The summed E-state index contributed by atoms with van der Waals surface area (Å²) in [7, 11) is -0.277. The highest BCUT2D eigenvalue weighted by molar-refractivity contribution is 7.89. The Morgan fingerprint density at radius 3 is 2.45 bits per heavy atom. The number of amides is 1. The molecule has 11 heteroatoms. The summed E-state index contributed by atoms with van der Waals surface area (Å²) >= 11 is 0. The molecule has 1 aromatic heterocycles. The number of benzene rings is 2. The molecule has 0 fully saturated rings. The third kappa shape index (κ3) is 5.62. The number of nitrogens with zero attached hydrogens (tertiary/aromatic N) is 1. The van der Waals surface area contributed by atoms with E-state index in [4.69, 9.17) is 9.15 Å². The molecule has 0 aliphatic heterocycles. The van der Waals surface area contributed by atoms with Gasteiger partial charge in [0.25, 0.3) is 0 Å². The van der Waals surface area contributed by atoms with Crippen molar-refractivity contribution in [2.45, 2.75) is 13.3 Å². The number of nitrogens with one attached hydrogen (secondary N) is 2. The third-order valence-electron chi connectivity index (χ3n) is 5.05. The van der Waals surface area contributed by atoms with Gasteiger partial charge in [-0.1, -0.05) is 24.3 Å². The molecule has 3 aromatic rings. The molecule has 0 aliphatic carbocycles. The van der Waals surface area contributed by atoms with Crippen LogP contribution in [0.4, 0.5) is 4.79 Å². The van der Waals surface area contributed by atoms with Crippen molar-refractivity contribution in [3.8, 4) is 11.5 Å². The van der Waals surface area contributed by atoms with Crippen molar-refractivity contribution in [3.63, 3.8) is 0 Å². The molecule has 0 bridgehead atoms. The molecule has 0 radical (unpaired) electrons. The molecule has 0 saturated carbocycles. The van der Waals surface area contributed by atoms with Crippen molar-refractivity contribution < 1.29 is 32.3 Å². The van der Waals surface area contributed by atoms with Gasteiger partial charge >= 0.3 is 6.09 Å². The van der Waals surface area contributed by atoms with Gasteiger partial charge in [0, 0.05) is 44.9 Å². The number of ketones is 1. The molecule has 1 heterocycles. The lowest BCUT2D eigenvalue weighted by Crippen LogP contribution is -2.33. The second-order valence-electron chi connectivity index (χ2n) is 7.65. The highest BCUT2D eigenvalue weighted by Crippen LogP contribution is 2.43. The van der Waals surface area contributed by atoms with Gasteiger partial charge in [-0.25, -0.2) is 17.5 Å². The largest absolute Gasteiger partial charge is 0.507 e. The molecule has 33 heavy (non-hydrogen) atoms. The van der Waals surface area contributed by atoms with Crippen molar-refractivity contribution >= 4 is 43.6 Å². The number of phenols is 1. The fraction of sp³-hybridized carbons (Fsp3) is 0.364. The zero-order valence-electron chi connectivity index (χ0n) is 18.7. The molecule has 2 aromatic carbocycles. The molecule has 0 unspecified atom stereocenters. The highest BCUT2D eigenvalue weighted by atomic mass is 32.2. The fourth-order valence-electron chi connectivity index (χ4n) is 3.21. The Hall–Kier alpha value is -3.15. The topological polar surface area (TPSA) is 138 Å². The first-order chi connectivity index (χ1) is 15.6. The average Bonchev–Trinajstić information content (AvgIpc) is 3.22. The minimum atomic E-state index is -3.25. The van der Waals surface area contributed by atoms with Gasteiger partial charge in [0.1, 0.15) is 5.75 Å². The van der Waals surface area contributed by atoms with Crippen LogP contribution in [-0.4, -0.2) is 69.2 Å². The Kier molecular flexibility index (Phi) is 7.57. The molecule has 0 atom stereocenters. The van der Waals surface area contributed by atoms with Crippen LogP contribution in [0.25, 0.3) is 21.7 Å². The summed E-state index contributed by atoms with van der Waals surface area (Å²) in [6.45, 7) is 2.45. The van der Waals surface area contributed by atoms with Crippen LogP contribution in [0.1, 0.15) is 23.9 Å². The Balaban J connectivity index is 1.63. The lowest BCUT2D eigenvalue weighted by molar-refractivity contribution is 0.0989. The lowest BCUT2D eigenvalue weighted by Gasteiger charge is -2.12. The molecule has 0 aliphatic rings. The molecule has 0 saturated heterocycles. The summed E-state index contributed by atoms with van der Waals surface area (Å²) in [5.41, 5.74) is 0.107. The zero-order chi connectivity index (χ0) is 24.2. The third-order valence-corrected chi connectivity index (χ3v) is 6.89. The Morgan fingerprint density at radius 1 is 1.09 bits per heavy atom. The van der Waals surface area contributed by atoms with Crippen LogP contribution < -0.4 is 15.4 Å². The number of rotatable bonds is 10. The van der Waals surface area contributed by atoms with Gasteiger partial charge in [-0.05, 0) is 19.0 Å². The number of carbonyl (C=O) groups is 2. The SMILES string of the molecule is CC(=O)c1cc2c(O)c3ccccc3c(OC(=O)NCCCNCCS(=O)(=O)N(C)C)c2o1. The second kappa shape index (κ2) is 10.2. The molecular formula is C22H27N3O7S. The minimum absolute atomic E-state index is 0.00913. The predicted octanol–water partition coefficient (Wildman–Crippen LogP) is 2.45. The number of furan rings is 1. The van der Waals surface area contributed by atoms with Crippen LogP contribution >= 0.6 is 0 Å². The van der Waals surface area contributed by atoms with Gasteiger partial charge < -0.3 is 24.9 Å². The van der Waals surface area contributed by atoms with E-state index in [1.165, 1.54) is 31.4 Å². The summed E-state index contributed by atoms with van der Waals surface area (Å²) in [5.74, 6) is -0.244. The van der Waals surface area contributed by atoms with E-state index in [0.717, 1.165) is 0 Å². The van der Waals surface area contributed by atoms with Crippen molar-refractivity contribution in [3.05, 3.63) is 36.1 Å². The van der Waals surface area contributed by atoms with E-state index in [0.29, 0.717) is 36.8 Å². The molecular weight excluding hydrogens is 450 g/mol. The standard InChI is InChI=1S/C22H27N3O7S/c1-14(26)18-13-17-19(27)15-7-4-5-8-16(15)20(21(17)31-18)32-22(28)24-10-6-9-23-11-12-33(29,30)25(2)3/h4-5,7-8,13,23,27H,6,9-12H2,1-3H3,(H,24,28). The first kappa shape index (κ1) is 24.5. The van der Waals surface area contributed by atoms with Gasteiger partial charge in [-0.15, -0.1) is 0 Å². The summed E-state index contributed by atoms with van der Waals surface area (Å²) in [4.78, 5) is 24.2. The Labute approximate surface area is 191 Å². The lowest BCUT2D eigenvalue weighted by atomic mass is 10.1. The van der Waals surface area contributed by atoms with Crippen LogP contribution in [0, 0.1) is 0 Å². The number of hydrogen-bond donors (Lipinski definition) is 3. The van der Waals surface area contributed by atoms with Crippen LogP contribution in [-0.2, 0) is 10.0 Å². The molecule has 3 N–H and O–H groups in total. The number of carbonyl (C=O) groups excluding carboxylic acids is 2. The van der Waals surface area contributed by atoms with Gasteiger partial charge in [0.05, 0.1) is 11.1 Å². The first-order valence-electron chi connectivity index (χ1n) is 10.4. The number of aromatic hydroxyl groups is 1. The average molecular weight is 478 g/mol. The fourth-order valence-corrected chi connectivity index (χ4v) is 3.97. The highest BCUT2D eigenvalue weighted by Gasteiger charge is 2.22. The summed E-state index contributed by atoms with van der Waals surface area (Å²) in [6.07, 6.45) is -0.166. The minimum Gasteiger partial charge on any atom is -0.507 e. The monoisotopic (exact) mass is 477 g/mol. The molecule has 178 valence electrons.